The second-order valence-electron chi connectivity index (χ2n) is 5.82. The highest BCUT2D eigenvalue weighted by Gasteiger charge is 2.23. The largest absolute Gasteiger partial charge is 0.480 e. The van der Waals surface area contributed by atoms with Crippen molar-refractivity contribution >= 4 is 23.5 Å². The summed E-state index contributed by atoms with van der Waals surface area (Å²) in [6.07, 6.45) is 0.760. The van der Waals surface area contributed by atoms with Gasteiger partial charge in [0.2, 0.25) is 5.91 Å². The van der Waals surface area contributed by atoms with Crippen molar-refractivity contribution in [1.29, 1.82) is 0 Å². The number of carboxylic acid groups (broad SMARTS) is 1. The third-order valence-electron chi connectivity index (χ3n) is 3.78. The third-order valence-corrected chi connectivity index (χ3v) is 4.01. The van der Waals surface area contributed by atoms with Gasteiger partial charge in [-0.3, -0.25) is 4.79 Å². The standard InChI is InChI=1S/C19H20ClNO3/c1-13(10-15-8-5-9-16(20)11-15)18(22)21-17(19(23)24)12-14-6-3-2-4-7-14/h2-9,11,13,17H,10,12H2,1H3,(H,21,22)(H,23,24)/t13?,17-/m0/s1. The first kappa shape index (κ1) is 18.0. The molecule has 4 nitrogen and oxygen atoms in total. The molecule has 2 atom stereocenters. The molecule has 0 aliphatic carbocycles. The van der Waals surface area contributed by atoms with Crippen LogP contribution in [0.15, 0.2) is 54.6 Å². The van der Waals surface area contributed by atoms with Gasteiger partial charge < -0.3 is 10.4 Å². The highest BCUT2D eigenvalue weighted by atomic mass is 35.5. The van der Waals surface area contributed by atoms with Crippen LogP contribution < -0.4 is 5.32 Å². The minimum atomic E-state index is -1.04. The van der Waals surface area contributed by atoms with Crippen LogP contribution in [0.5, 0.6) is 0 Å². The van der Waals surface area contributed by atoms with E-state index in [9.17, 15) is 14.7 Å². The van der Waals surface area contributed by atoms with E-state index < -0.39 is 12.0 Å². The van der Waals surface area contributed by atoms with E-state index in [1.807, 2.05) is 48.5 Å². The first-order valence-corrected chi connectivity index (χ1v) is 8.15. The van der Waals surface area contributed by atoms with Gasteiger partial charge >= 0.3 is 5.97 Å². The van der Waals surface area contributed by atoms with Crippen molar-refractivity contribution in [2.45, 2.75) is 25.8 Å². The Balaban J connectivity index is 1.98. The quantitative estimate of drug-likeness (QED) is 0.808. The molecule has 126 valence electrons. The number of halogens is 1. The highest BCUT2D eigenvalue weighted by Crippen LogP contribution is 2.15. The third kappa shape index (κ3) is 5.39. The lowest BCUT2D eigenvalue weighted by molar-refractivity contribution is -0.142. The maximum atomic E-state index is 12.3. The Bertz CT molecular complexity index is 703. The molecule has 2 N–H and O–H groups in total. The lowest BCUT2D eigenvalue weighted by atomic mass is 9.99. The summed E-state index contributed by atoms with van der Waals surface area (Å²) in [7, 11) is 0. The highest BCUT2D eigenvalue weighted by molar-refractivity contribution is 6.30. The van der Waals surface area contributed by atoms with E-state index in [1.165, 1.54) is 0 Å². The number of carboxylic acids is 1. The average Bonchev–Trinajstić information content (AvgIpc) is 2.55. The van der Waals surface area contributed by atoms with Crippen LogP contribution in [-0.2, 0) is 22.4 Å². The predicted octanol–water partition coefficient (Wildman–Crippen LogP) is 3.33. The van der Waals surface area contributed by atoms with Gasteiger partial charge in [-0.15, -0.1) is 0 Å². The SMILES string of the molecule is CC(Cc1cccc(Cl)c1)C(=O)N[C@@H](Cc1ccccc1)C(=O)O. The zero-order valence-corrected chi connectivity index (χ0v) is 14.2. The maximum Gasteiger partial charge on any atom is 0.326 e. The number of carbonyl (C=O) groups excluding carboxylic acids is 1. The molecule has 0 aliphatic heterocycles. The molecular weight excluding hydrogens is 326 g/mol. The zero-order valence-electron chi connectivity index (χ0n) is 13.4. The average molecular weight is 346 g/mol. The van der Waals surface area contributed by atoms with Crippen LogP contribution in [0.3, 0.4) is 0 Å². The fraction of sp³-hybridized carbons (Fsp3) is 0.263. The second-order valence-corrected chi connectivity index (χ2v) is 6.26. The first-order valence-electron chi connectivity index (χ1n) is 7.77. The Morgan fingerprint density at radius 3 is 2.33 bits per heavy atom. The number of benzene rings is 2. The molecule has 0 saturated carbocycles. The Hall–Kier alpha value is -2.33. The van der Waals surface area contributed by atoms with Gasteiger partial charge in [-0.2, -0.15) is 0 Å². The fourth-order valence-electron chi connectivity index (χ4n) is 2.47. The summed E-state index contributed by atoms with van der Waals surface area (Å²) in [5.41, 5.74) is 1.81. The molecule has 2 aromatic rings. The summed E-state index contributed by atoms with van der Waals surface area (Å²) in [4.78, 5) is 23.8. The van der Waals surface area contributed by atoms with Crippen molar-refractivity contribution in [3.63, 3.8) is 0 Å². The first-order chi connectivity index (χ1) is 11.5. The number of carbonyl (C=O) groups is 2. The predicted molar refractivity (Wildman–Crippen MR) is 94.0 cm³/mol. The van der Waals surface area contributed by atoms with Gasteiger partial charge in [-0.1, -0.05) is 61.0 Å². The molecule has 0 bridgehead atoms. The Kier molecular flexibility index (Phi) is 6.38. The Labute approximate surface area is 146 Å². The summed E-state index contributed by atoms with van der Waals surface area (Å²) in [6, 6.07) is 15.6. The Morgan fingerprint density at radius 2 is 1.71 bits per heavy atom. The van der Waals surface area contributed by atoms with E-state index in [4.69, 9.17) is 11.6 Å². The van der Waals surface area contributed by atoms with Gasteiger partial charge in [-0.25, -0.2) is 4.79 Å². The van der Waals surface area contributed by atoms with Gasteiger partial charge in [-0.05, 0) is 29.7 Å². The van der Waals surface area contributed by atoms with Crippen molar-refractivity contribution in [1.82, 2.24) is 5.32 Å². The van der Waals surface area contributed by atoms with E-state index in [0.717, 1.165) is 11.1 Å². The normalized spacial score (nSPS) is 13.1. The van der Waals surface area contributed by atoms with Crippen molar-refractivity contribution < 1.29 is 14.7 Å². The number of nitrogens with one attached hydrogen (secondary N) is 1. The molecule has 1 unspecified atom stereocenters. The van der Waals surface area contributed by atoms with Crippen molar-refractivity contribution in [3.8, 4) is 0 Å². The van der Waals surface area contributed by atoms with E-state index >= 15 is 0 Å². The van der Waals surface area contributed by atoms with E-state index in [1.54, 1.807) is 13.0 Å². The number of aliphatic carboxylic acids is 1. The minimum Gasteiger partial charge on any atom is -0.480 e. The maximum absolute atomic E-state index is 12.3. The van der Waals surface area contributed by atoms with Crippen LogP contribution >= 0.6 is 11.6 Å². The zero-order chi connectivity index (χ0) is 17.5. The second kappa shape index (κ2) is 8.50. The van der Waals surface area contributed by atoms with E-state index in [-0.39, 0.29) is 18.2 Å². The molecule has 0 fully saturated rings. The monoisotopic (exact) mass is 345 g/mol. The molecular formula is C19H20ClNO3. The summed E-state index contributed by atoms with van der Waals surface area (Å²) in [5.74, 6) is -1.67. The van der Waals surface area contributed by atoms with Crippen LogP contribution in [0.25, 0.3) is 0 Å². The smallest absolute Gasteiger partial charge is 0.326 e. The van der Waals surface area contributed by atoms with Gasteiger partial charge in [0, 0.05) is 17.4 Å². The molecule has 0 radical (unpaired) electrons. The van der Waals surface area contributed by atoms with Crippen LogP contribution in [0.2, 0.25) is 5.02 Å². The molecule has 0 spiro atoms. The summed E-state index contributed by atoms with van der Waals surface area (Å²) in [5, 5.41) is 12.6. The summed E-state index contributed by atoms with van der Waals surface area (Å²) in [6.45, 7) is 1.78. The van der Waals surface area contributed by atoms with Crippen molar-refractivity contribution in [3.05, 3.63) is 70.7 Å². The van der Waals surface area contributed by atoms with Crippen LogP contribution in [0, 0.1) is 5.92 Å². The molecule has 24 heavy (non-hydrogen) atoms. The number of rotatable bonds is 7. The van der Waals surface area contributed by atoms with Crippen molar-refractivity contribution in [2.24, 2.45) is 5.92 Å². The molecule has 2 aromatic carbocycles. The van der Waals surface area contributed by atoms with E-state index in [0.29, 0.717) is 11.4 Å². The van der Waals surface area contributed by atoms with Crippen LogP contribution in [0.4, 0.5) is 0 Å². The molecule has 0 aromatic heterocycles. The summed E-state index contributed by atoms with van der Waals surface area (Å²) >= 11 is 5.95. The number of amides is 1. The van der Waals surface area contributed by atoms with Crippen LogP contribution in [0.1, 0.15) is 18.1 Å². The van der Waals surface area contributed by atoms with Crippen molar-refractivity contribution in [2.75, 3.05) is 0 Å². The summed E-state index contributed by atoms with van der Waals surface area (Å²) < 4.78 is 0. The molecule has 0 heterocycles. The molecule has 0 saturated heterocycles. The molecule has 0 aliphatic rings. The van der Waals surface area contributed by atoms with Crippen LogP contribution in [-0.4, -0.2) is 23.0 Å². The van der Waals surface area contributed by atoms with Gasteiger partial charge in [0.25, 0.3) is 0 Å². The topological polar surface area (TPSA) is 66.4 Å². The number of hydrogen-bond donors (Lipinski definition) is 2. The lowest BCUT2D eigenvalue weighted by Gasteiger charge is -2.18. The molecule has 1 amide bonds. The molecule has 2 rings (SSSR count). The minimum absolute atomic E-state index is 0.256. The van der Waals surface area contributed by atoms with Gasteiger partial charge in [0.05, 0.1) is 0 Å². The molecule has 5 heteroatoms. The van der Waals surface area contributed by atoms with Gasteiger partial charge in [0.15, 0.2) is 0 Å². The number of hydrogen-bond acceptors (Lipinski definition) is 2. The van der Waals surface area contributed by atoms with E-state index in [2.05, 4.69) is 5.32 Å². The Morgan fingerprint density at radius 1 is 1.04 bits per heavy atom. The van der Waals surface area contributed by atoms with Gasteiger partial charge in [0.1, 0.15) is 6.04 Å². The lowest BCUT2D eigenvalue weighted by Crippen LogP contribution is -2.44. The fourth-order valence-corrected chi connectivity index (χ4v) is 2.69.